The van der Waals surface area contributed by atoms with Gasteiger partial charge in [0.25, 0.3) is 0 Å². The van der Waals surface area contributed by atoms with Crippen LogP contribution in [0.3, 0.4) is 0 Å². The van der Waals surface area contributed by atoms with Gasteiger partial charge in [-0.05, 0) is 31.2 Å². The number of aliphatic hydroxyl groups excluding tert-OH is 2. The lowest BCUT2D eigenvalue weighted by atomic mass is 10.0. The van der Waals surface area contributed by atoms with Crippen LogP contribution in [0.15, 0.2) is 30.3 Å². The first-order valence-electron chi connectivity index (χ1n) is 8.39. The Morgan fingerprint density at radius 1 is 1.21 bits per heavy atom. The van der Waals surface area contributed by atoms with E-state index in [2.05, 4.69) is 27.4 Å². The van der Waals surface area contributed by atoms with E-state index in [1.807, 2.05) is 0 Å². The fourth-order valence-corrected chi connectivity index (χ4v) is 2.96. The van der Waals surface area contributed by atoms with E-state index < -0.39 is 18.5 Å². The summed E-state index contributed by atoms with van der Waals surface area (Å²) in [6, 6.07) is 7.53. The third-order valence-electron chi connectivity index (χ3n) is 4.04. The van der Waals surface area contributed by atoms with Crippen molar-refractivity contribution in [1.82, 2.24) is 10.2 Å². The van der Waals surface area contributed by atoms with Crippen molar-refractivity contribution in [3.05, 3.63) is 46.7 Å². The number of benzene rings is 2. The summed E-state index contributed by atoms with van der Waals surface area (Å²) in [6.07, 6.45) is -0.979. The highest BCUT2D eigenvalue weighted by atomic mass is 35.5. The zero-order chi connectivity index (χ0) is 20.3. The van der Waals surface area contributed by atoms with Gasteiger partial charge in [-0.2, -0.15) is 0 Å². The van der Waals surface area contributed by atoms with Crippen molar-refractivity contribution in [2.75, 3.05) is 18.5 Å². The van der Waals surface area contributed by atoms with Crippen LogP contribution >= 0.6 is 11.6 Å². The first-order chi connectivity index (χ1) is 13.4. The minimum Gasteiger partial charge on any atom is -0.507 e. The monoisotopic (exact) mass is 401 g/mol. The Hall–Kier alpha value is -2.92. The van der Waals surface area contributed by atoms with Gasteiger partial charge in [0.1, 0.15) is 17.3 Å². The van der Waals surface area contributed by atoms with Crippen LogP contribution in [0.2, 0.25) is 5.02 Å². The summed E-state index contributed by atoms with van der Waals surface area (Å²) in [6.45, 7) is 1.34. The molecule has 1 aromatic heterocycles. The third kappa shape index (κ3) is 3.99. The highest BCUT2D eigenvalue weighted by Crippen LogP contribution is 2.38. The molecule has 6 nitrogen and oxygen atoms in total. The van der Waals surface area contributed by atoms with Crippen molar-refractivity contribution < 1.29 is 19.7 Å². The van der Waals surface area contributed by atoms with Gasteiger partial charge in [-0.25, -0.2) is 4.39 Å². The van der Waals surface area contributed by atoms with Crippen LogP contribution in [0.5, 0.6) is 5.75 Å². The predicted octanol–water partition coefficient (Wildman–Crippen LogP) is 2.93. The number of aromatic hydroxyl groups is 1. The van der Waals surface area contributed by atoms with Gasteiger partial charge in [-0.15, -0.1) is 16.1 Å². The van der Waals surface area contributed by atoms with Crippen LogP contribution in [0.1, 0.15) is 12.5 Å². The second-order valence-electron chi connectivity index (χ2n) is 6.03. The van der Waals surface area contributed by atoms with E-state index in [1.54, 1.807) is 25.1 Å². The molecule has 0 spiro atoms. The molecule has 0 aliphatic carbocycles. The van der Waals surface area contributed by atoms with Gasteiger partial charge in [0, 0.05) is 27.9 Å². The minimum atomic E-state index is -0.979. The molecule has 8 heteroatoms. The zero-order valence-corrected chi connectivity index (χ0v) is 15.6. The highest BCUT2D eigenvalue weighted by Gasteiger charge is 2.19. The van der Waals surface area contributed by atoms with Gasteiger partial charge in [0.2, 0.25) is 0 Å². The summed E-state index contributed by atoms with van der Waals surface area (Å²) >= 11 is 5.79. The maximum Gasteiger partial charge on any atom is 0.156 e. The third-order valence-corrected chi connectivity index (χ3v) is 4.25. The summed E-state index contributed by atoms with van der Waals surface area (Å²) in [5.74, 6) is 4.99. The van der Waals surface area contributed by atoms with Crippen LogP contribution < -0.4 is 5.32 Å². The molecule has 1 heterocycles. The second kappa shape index (κ2) is 8.40. The normalized spacial score (nSPS) is 11.8. The minimum absolute atomic E-state index is 0.0455. The Kier molecular flexibility index (Phi) is 5.95. The number of rotatable bonds is 5. The maximum absolute atomic E-state index is 14.5. The summed E-state index contributed by atoms with van der Waals surface area (Å²) in [5.41, 5.74) is 0.740. The molecule has 2 aromatic carbocycles. The number of fused-ring (bicyclic) bond motifs is 1. The van der Waals surface area contributed by atoms with E-state index in [1.165, 1.54) is 6.07 Å². The van der Waals surface area contributed by atoms with Gasteiger partial charge in [0.05, 0.1) is 18.3 Å². The molecule has 0 unspecified atom stereocenters. The zero-order valence-electron chi connectivity index (χ0n) is 14.9. The fraction of sp³-hybridized carbons (Fsp3) is 0.200. The molecule has 0 saturated carbocycles. The number of aromatic nitrogens is 2. The van der Waals surface area contributed by atoms with E-state index in [-0.39, 0.29) is 28.6 Å². The molecule has 144 valence electrons. The van der Waals surface area contributed by atoms with Crippen molar-refractivity contribution in [2.24, 2.45) is 0 Å². The molecule has 0 radical (unpaired) electrons. The number of anilines is 1. The number of nitrogens with one attached hydrogen (secondary N) is 1. The first kappa shape index (κ1) is 19.8. The standard InChI is InChI=1S/C20H17ClFN3O3/c1-2-3-11-4-5-14-15(6-11)20(23-9-13(27)10-26)25-24-19(14)18-16(22)7-12(21)8-17(18)28/h4-8,13,26-28H,9-10H2,1H3,(H,23,25)/t13-/m0/s1. The smallest absolute Gasteiger partial charge is 0.156 e. The average molecular weight is 402 g/mol. The summed E-state index contributed by atoms with van der Waals surface area (Å²) < 4.78 is 14.5. The van der Waals surface area contributed by atoms with E-state index in [0.717, 1.165) is 6.07 Å². The van der Waals surface area contributed by atoms with Crippen molar-refractivity contribution in [2.45, 2.75) is 13.0 Å². The van der Waals surface area contributed by atoms with E-state index in [4.69, 9.17) is 16.7 Å². The van der Waals surface area contributed by atoms with Crippen LogP contribution in [-0.2, 0) is 0 Å². The maximum atomic E-state index is 14.5. The molecule has 0 saturated heterocycles. The SMILES string of the molecule is CC#Cc1ccc2c(-c3c(O)cc(Cl)cc3F)nnc(NC[C@H](O)CO)c2c1. The number of phenolic OH excluding ortho intramolecular Hbond substituents is 1. The Morgan fingerprint density at radius 3 is 2.68 bits per heavy atom. The largest absolute Gasteiger partial charge is 0.507 e. The summed E-state index contributed by atoms with van der Waals surface area (Å²) in [7, 11) is 0. The Bertz CT molecular complexity index is 1070. The molecule has 0 aliphatic heterocycles. The number of phenols is 1. The molecule has 0 bridgehead atoms. The van der Waals surface area contributed by atoms with Crippen LogP contribution in [0.25, 0.3) is 22.0 Å². The predicted molar refractivity (Wildman–Crippen MR) is 106 cm³/mol. The molecule has 0 aliphatic rings. The van der Waals surface area contributed by atoms with Gasteiger partial charge >= 0.3 is 0 Å². The van der Waals surface area contributed by atoms with Crippen molar-refractivity contribution in [3.8, 4) is 28.8 Å². The number of aliphatic hydroxyl groups is 2. The first-order valence-corrected chi connectivity index (χ1v) is 8.76. The van der Waals surface area contributed by atoms with Crippen molar-refractivity contribution in [1.29, 1.82) is 0 Å². The Labute approximate surface area is 165 Å². The number of hydrogen-bond acceptors (Lipinski definition) is 6. The quantitative estimate of drug-likeness (QED) is 0.491. The molecular formula is C20H17ClFN3O3. The van der Waals surface area contributed by atoms with Crippen LogP contribution in [-0.4, -0.2) is 44.8 Å². The molecular weight excluding hydrogens is 385 g/mol. The molecule has 0 fully saturated rings. The van der Waals surface area contributed by atoms with Crippen LogP contribution in [0.4, 0.5) is 10.2 Å². The second-order valence-corrected chi connectivity index (χ2v) is 6.47. The summed E-state index contributed by atoms with van der Waals surface area (Å²) in [4.78, 5) is 0. The van der Waals surface area contributed by atoms with Gasteiger partial charge in [-0.1, -0.05) is 23.6 Å². The Balaban J connectivity index is 2.22. The lowest BCUT2D eigenvalue weighted by molar-refractivity contribution is 0.105. The van der Waals surface area contributed by atoms with E-state index in [9.17, 15) is 14.6 Å². The average Bonchev–Trinajstić information content (AvgIpc) is 2.66. The number of nitrogens with zero attached hydrogens (tertiary/aromatic N) is 2. The lowest BCUT2D eigenvalue weighted by Crippen LogP contribution is -2.23. The fourth-order valence-electron chi connectivity index (χ4n) is 2.77. The Morgan fingerprint density at radius 2 is 2.00 bits per heavy atom. The van der Waals surface area contributed by atoms with Crippen molar-refractivity contribution in [3.63, 3.8) is 0 Å². The summed E-state index contributed by atoms with van der Waals surface area (Å²) in [5, 5.41) is 41.0. The number of hydrogen-bond donors (Lipinski definition) is 4. The van der Waals surface area contributed by atoms with Gasteiger partial charge in [0.15, 0.2) is 5.82 Å². The van der Waals surface area contributed by atoms with Gasteiger partial charge < -0.3 is 20.6 Å². The molecule has 1 atom stereocenters. The van der Waals surface area contributed by atoms with E-state index in [0.29, 0.717) is 22.2 Å². The van der Waals surface area contributed by atoms with Gasteiger partial charge in [-0.3, -0.25) is 0 Å². The van der Waals surface area contributed by atoms with E-state index >= 15 is 0 Å². The lowest BCUT2D eigenvalue weighted by Gasteiger charge is -2.14. The number of halogens is 2. The highest BCUT2D eigenvalue weighted by molar-refractivity contribution is 6.30. The molecule has 3 rings (SSSR count). The topological polar surface area (TPSA) is 98.5 Å². The molecule has 0 amide bonds. The van der Waals surface area contributed by atoms with Crippen LogP contribution in [0, 0.1) is 17.7 Å². The molecule has 4 N–H and O–H groups in total. The molecule has 3 aromatic rings. The van der Waals surface area contributed by atoms with Crippen molar-refractivity contribution >= 4 is 28.2 Å². The molecule has 28 heavy (non-hydrogen) atoms.